The summed E-state index contributed by atoms with van der Waals surface area (Å²) in [6.45, 7) is 8.01. The molecule has 3 rings (SSSR count). The van der Waals surface area contributed by atoms with E-state index in [9.17, 15) is 9.59 Å². The summed E-state index contributed by atoms with van der Waals surface area (Å²) in [6.07, 6.45) is 0. The average molecular weight is 471 g/mol. The van der Waals surface area contributed by atoms with E-state index in [0.29, 0.717) is 28.9 Å². The number of carbonyl (C=O) groups excluding carboxylic acids is 2. The molecule has 0 fully saturated rings. The Morgan fingerprint density at radius 3 is 2.30 bits per heavy atom. The van der Waals surface area contributed by atoms with E-state index < -0.39 is 12.0 Å². The first kappa shape index (κ1) is 24.1. The highest BCUT2D eigenvalue weighted by molar-refractivity contribution is 6.30. The number of amides is 2. The van der Waals surface area contributed by atoms with Gasteiger partial charge >= 0.3 is 12.0 Å². The molecule has 0 radical (unpaired) electrons. The lowest BCUT2D eigenvalue weighted by molar-refractivity contribution is -0.145. The minimum absolute atomic E-state index is 0.166. The maximum atomic E-state index is 12.6. The minimum atomic E-state index is -0.429. The second-order valence-electron chi connectivity index (χ2n) is 8.25. The minimum Gasteiger partial charge on any atom is -0.482 e. The smallest absolute Gasteiger partial charge is 0.344 e. The van der Waals surface area contributed by atoms with Crippen molar-refractivity contribution in [2.45, 2.75) is 33.1 Å². The van der Waals surface area contributed by atoms with Crippen LogP contribution in [0.4, 0.5) is 16.3 Å². The Morgan fingerprint density at radius 1 is 1.03 bits per heavy atom. The molecule has 0 aliphatic carbocycles. The van der Waals surface area contributed by atoms with Crippen molar-refractivity contribution in [1.29, 1.82) is 0 Å². The number of benzene rings is 2. The van der Waals surface area contributed by atoms with E-state index in [1.54, 1.807) is 60.1 Å². The van der Waals surface area contributed by atoms with Crippen molar-refractivity contribution in [3.63, 3.8) is 0 Å². The van der Waals surface area contributed by atoms with Gasteiger partial charge in [0.2, 0.25) is 0 Å². The zero-order valence-electron chi connectivity index (χ0n) is 19.0. The van der Waals surface area contributed by atoms with Gasteiger partial charge in [-0.25, -0.2) is 14.3 Å². The Morgan fingerprint density at radius 2 is 1.70 bits per heavy atom. The van der Waals surface area contributed by atoms with Crippen LogP contribution < -0.4 is 15.4 Å². The third kappa shape index (κ3) is 6.73. The SMILES string of the molecule is CCOC(=O)COc1ccc(-n2nc(C(C)(C)C)cc2NC(=O)Nc2ccc(Cl)cc2)cc1. The van der Waals surface area contributed by atoms with Gasteiger partial charge in [-0.3, -0.25) is 5.32 Å². The Labute approximate surface area is 197 Å². The molecule has 0 spiro atoms. The summed E-state index contributed by atoms with van der Waals surface area (Å²) >= 11 is 5.90. The molecule has 2 amide bonds. The van der Waals surface area contributed by atoms with E-state index in [1.807, 2.05) is 26.8 Å². The van der Waals surface area contributed by atoms with Crippen LogP contribution in [0.5, 0.6) is 5.75 Å². The lowest BCUT2D eigenvalue weighted by Gasteiger charge is -2.14. The van der Waals surface area contributed by atoms with Crippen LogP contribution in [0.25, 0.3) is 5.69 Å². The highest BCUT2D eigenvalue weighted by atomic mass is 35.5. The summed E-state index contributed by atoms with van der Waals surface area (Å²) in [5.74, 6) is 0.596. The molecule has 0 atom stereocenters. The van der Waals surface area contributed by atoms with Gasteiger partial charge in [0.15, 0.2) is 6.61 Å². The van der Waals surface area contributed by atoms with Crippen LogP contribution in [0, 0.1) is 0 Å². The van der Waals surface area contributed by atoms with Gasteiger partial charge in [-0.05, 0) is 55.5 Å². The van der Waals surface area contributed by atoms with Gasteiger partial charge in [-0.1, -0.05) is 32.4 Å². The zero-order chi connectivity index (χ0) is 24.0. The molecule has 0 saturated heterocycles. The number of ether oxygens (including phenoxy) is 2. The maximum Gasteiger partial charge on any atom is 0.344 e. The van der Waals surface area contributed by atoms with Crippen LogP contribution in [0.2, 0.25) is 5.02 Å². The van der Waals surface area contributed by atoms with Gasteiger partial charge in [-0.15, -0.1) is 0 Å². The summed E-state index contributed by atoms with van der Waals surface area (Å²) in [4.78, 5) is 24.1. The van der Waals surface area contributed by atoms with Crippen LogP contribution in [-0.2, 0) is 14.9 Å². The molecule has 0 aliphatic heterocycles. The molecule has 3 aromatic rings. The molecule has 8 nitrogen and oxygen atoms in total. The topological polar surface area (TPSA) is 94.5 Å². The van der Waals surface area contributed by atoms with Gasteiger partial charge in [-0.2, -0.15) is 5.10 Å². The standard InChI is InChI=1S/C24H27ClN4O4/c1-5-32-22(30)15-33-19-12-10-18(11-13-19)29-21(14-20(28-29)24(2,3)4)27-23(31)26-17-8-6-16(25)7-9-17/h6-14H,5,15H2,1-4H3,(H2,26,27,31). The molecule has 1 aromatic heterocycles. The van der Waals surface area contributed by atoms with Gasteiger partial charge in [0, 0.05) is 22.2 Å². The molecule has 0 unspecified atom stereocenters. The maximum absolute atomic E-state index is 12.6. The molecule has 174 valence electrons. The van der Waals surface area contributed by atoms with Crippen molar-refractivity contribution in [1.82, 2.24) is 9.78 Å². The molecule has 0 saturated carbocycles. The number of aromatic nitrogens is 2. The first-order valence-corrected chi connectivity index (χ1v) is 10.9. The summed E-state index contributed by atoms with van der Waals surface area (Å²) < 4.78 is 12.0. The largest absolute Gasteiger partial charge is 0.482 e. The summed E-state index contributed by atoms with van der Waals surface area (Å²) in [5.41, 5.74) is 1.92. The van der Waals surface area contributed by atoms with Gasteiger partial charge < -0.3 is 14.8 Å². The van der Waals surface area contributed by atoms with Gasteiger partial charge in [0.1, 0.15) is 11.6 Å². The average Bonchev–Trinajstić information content (AvgIpc) is 3.18. The van der Waals surface area contributed by atoms with Crippen LogP contribution in [0.3, 0.4) is 0 Å². The van der Waals surface area contributed by atoms with E-state index in [4.69, 9.17) is 26.2 Å². The summed E-state index contributed by atoms with van der Waals surface area (Å²) in [5, 5.41) is 10.9. The van der Waals surface area contributed by atoms with Crippen molar-refractivity contribution < 1.29 is 19.1 Å². The van der Waals surface area contributed by atoms with E-state index >= 15 is 0 Å². The van der Waals surface area contributed by atoms with Crippen molar-refractivity contribution in [3.8, 4) is 11.4 Å². The lowest BCUT2D eigenvalue weighted by Crippen LogP contribution is -2.21. The Kier molecular flexibility index (Phi) is 7.60. The normalized spacial score (nSPS) is 11.1. The van der Waals surface area contributed by atoms with Gasteiger partial charge in [0.25, 0.3) is 0 Å². The predicted octanol–water partition coefficient (Wildman–Crippen LogP) is 5.41. The monoisotopic (exact) mass is 470 g/mol. The molecule has 0 bridgehead atoms. The van der Waals surface area contributed by atoms with E-state index in [0.717, 1.165) is 11.4 Å². The highest BCUT2D eigenvalue weighted by Gasteiger charge is 2.21. The molecular weight excluding hydrogens is 444 g/mol. The second-order valence-corrected chi connectivity index (χ2v) is 8.69. The molecule has 2 aromatic carbocycles. The van der Waals surface area contributed by atoms with Crippen LogP contribution in [0.1, 0.15) is 33.4 Å². The molecular formula is C24H27ClN4O4. The number of rotatable bonds is 7. The fourth-order valence-electron chi connectivity index (χ4n) is 2.87. The molecule has 2 N–H and O–H groups in total. The van der Waals surface area contributed by atoms with Crippen molar-refractivity contribution in [2.75, 3.05) is 23.8 Å². The number of nitrogens with one attached hydrogen (secondary N) is 2. The van der Waals surface area contributed by atoms with E-state index in [-0.39, 0.29) is 12.0 Å². The summed E-state index contributed by atoms with van der Waals surface area (Å²) in [7, 11) is 0. The fourth-order valence-corrected chi connectivity index (χ4v) is 3.00. The van der Waals surface area contributed by atoms with Crippen LogP contribution in [0.15, 0.2) is 54.6 Å². The van der Waals surface area contributed by atoms with Crippen LogP contribution >= 0.6 is 11.6 Å². The molecule has 9 heteroatoms. The van der Waals surface area contributed by atoms with Crippen molar-refractivity contribution in [2.24, 2.45) is 0 Å². The lowest BCUT2D eigenvalue weighted by atomic mass is 9.92. The number of carbonyl (C=O) groups is 2. The number of esters is 1. The van der Waals surface area contributed by atoms with E-state index in [1.165, 1.54) is 0 Å². The molecule has 33 heavy (non-hydrogen) atoms. The first-order chi connectivity index (χ1) is 15.7. The first-order valence-electron chi connectivity index (χ1n) is 10.5. The Balaban J connectivity index is 1.79. The number of urea groups is 1. The number of nitrogens with zero attached hydrogens (tertiary/aromatic N) is 2. The van der Waals surface area contributed by atoms with Crippen molar-refractivity contribution in [3.05, 3.63) is 65.3 Å². The zero-order valence-corrected chi connectivity index (χ0v) is 19.8. The Bertz CT molecular complexity index is 1100. The second kappa shape index (κ2) is 10.4. The summed E-state index contributed by atoms with van der Waals surface area (Å²) in [6, 6.07) is 15.3. The number of anilines is 2. The molecule has 0 aliphatic rings. The molecule has 1 heterocycles. The highest BCUT2D eigenvalue weighted by Crippen LogP contribution is 2.27. The van der Waals surface area contributed by atoms with Crippen LogP contribution in [-0.4, -0.2) is 35.0 Å². The Hall–Kier alpha value is -3.52. The van der Waals surface area contributed by atoms with Gasteiger partial charge in [0.05, 0.1) is 18.0 Å². The third-order valence-corrected chi connectivity index (χ3v) is 4.82. The number of hydrogen-bond donors (Lipinski definition) is 2. The number of halogens is 1. The predicted molar refractivity (Wildman–Crippen MR) is 128 cm³/mol. The number of hydrogen-bond acceptors (Lipinski definition) is 5. The third-order valence-electron chi connectivity index (χ3n) is 4.56. The quantitative estimate of drug-likeness (QED) is 0.450. The van der Waals surface area contributed by atoms with Crippen molar-refractivity contribution >= 4 is 35.1 Å². The van der Waals surface area contributed by atoms with E-state index in [2.05, 4.69) is 10.6 Å². The fraction of sp³-hybridized carbons (Fsp3) is 0.292.